The number of H-pyrrole nitrogens is 1. The van der Waals surface area contributed by atoms with E-state index in [0.29, 0.717) is 5.82 Å². The Balaban J connectivity index is 1.75. The second-order valence-electron chi connectivity index (χ2n) is 5.20. The highest BCUT2D eigenvalue weighted by atomic mass is 16.2. The van der Waals surface area contributed by atoms with Gasteiger partial charge in [-0.3, -0.25) is 9.89 Å². The SMILES string of the molecule is CC(C)c1nc(C(=O)Nc2ccc3c(c2)CCN3)n[nH]1. The summed E-state index contributed by atoms with van der Waals surface area (Å²) in [6, 6.07) is 5.85. The number of carbonyl (C=O) groups is 1. The molecule has 1 aromatic carbocycles. The van der Waals surface area contributed by atoms with Crippen LogP contribution in [0, 0.1) is 0 Å². The van der Waals surface area contributed by atoms with Crippen molar-refractivity contribution in [3.8, 4) is 0 Å². The second kappa shape index (κ2) is 4.96. The first-order valence-electron chi connectivity index (χ1n) is 6.74. The summed E-state index contributed by atoms with van der Waals surface area (Å²) in [6.07, 6.45) is 0.983. The lowest BCUT2D eigenvalue weighted by atomic mass is 10.1. The Morgan fingerprint density at radius 3 is 3.00 bits per heavy atom. The number of rotatable bonds is 3. The van der Waals surface area contributed by atoms with Crippen molar-refractivity contribution in [2.24, 2.45) is 0 Å². The van der Waals surface area contributed by atoms with Crippen LogP contribution in [0.15, 0.2) is 18.2 Å². The molecule has 0 bridgehead atoms. The molecule has 0 saturated carbocycles. The maximum Gasteiger partial charge on any atom is 0.295 e. The summed E-state index contributed by atoms with van der Waals surface area (Å²) in [7, 11) is 0. The van der Waals surface area contributed by atoms with E-state index in [9.17, 15) is 4.79 Å². The molecule has 1 aliphatic heterocycles. The molecule has 2 heterocycles. The van der Waals surface area contributed by atoms with Gasteiger partial charge in [0.05, 0.1) is 0 Å². The van der Waals surface area contributed by atoms with Crippen molar-refractivity contribution < 1.29 is 4.79 Å². The monoisotopic (exact) mass is 271 g/mol. The van der Waals surface area contributed by atoms with E-state index in [1.54, 1.807) is 0 Å². The molecule has 2 aromatic rings. The van der Waals surface area contributed by atoms with Crippen molar-refractivity contribution in [2.75, 3.05) is 17.2 Å². The largest absolute Gasteiger partial charge is 0.384 e. The van der Waals surface area contributed by atoms with Gasteiger partial charge in [0, 0.05) is 23.8 Å². The van der Waals surface area contributed by atoms with Gasteiger partial charge in [0.2, 0.25) is 5.82 Å². The molecule has 104 valence electrons. The molecule has 0 aliphatic carbocycles. The van der Waals surface area contributed by atoms with E-state index in [1.165, 1.54) is 5.56 Å². The predicted octanol–water partition coefficient (Wildman–Crippen LogP) is 2.15. The molecule has 20 heavy (non-hydrogen) atoms. The van der Waals surface area contributed by atoms with Crippen LogP contribution in [-0.2, 0) is 6.42 Å². The predicted molar refractivity (Wildman–Crippen MR) is 77.1 cm³/mol. The van der Waals surface area contributed by atoms with Crippen LogP contribution in [0.25, 0.3) is 0 Å². The number of benzene rings is 1. The molecule has 0 unspecified atom stereocenters. The van der Waals surface area contributed by atoms with Crippen molar-refractivity contribution in [1.29, 1.82) is 0 Å². The quantitative estimate of drug-likeness (QED) is 0.798. The fraction of sp³-hybridized carbons (Fsp3) is 0.357. The number of amides is 1. The number of nitrogens with one attached hydrogen (secondary N) is 3. The Kier molecular flexibility index (Phi) is 3.14. The normalized spacial score (nSPS) is 13.2. The van der Waals surface area contributed by atoms with Gasteiger partial charge in [-0.05, 0) is 30.2 Å². The Bertz CT molecular complexity index is 647. The van der Waals surface area contributed by atoms with Gasteiger partial charge < -0.3 is 10.6 Å². The summed E-state index contributed by atoms with van der Waals surface area (Å²) in [6.45, 7) is 4.94. The maximum absolute atomic E-state index is 12.1. The summed E-state index contributed by atoms with van der Waals surface area (Å²) < 4.78 is 0. The molecule has 0 atom stereocenters. The molecule has 0 fully saturated rings. The minimum atomic E-state index is -0.293. The zero-order valence-electron chi connectivity index (χ0n) is 11.5. The van der Waals surface area contributed by atoms with Gasteiger partial charge >= 0.3 is 0 Å². The van der Waals surface area contributed by atoms with Gasteiger partial charge in [0.1, 0.15) is 5.82 Å². The highest BCUT2D eigenvalue weighted by Crippen LogP contribution is 2.25. The van der Waals surface area contributed by atoms with E-state index in [4.69, 9.17) is 0 Å². The fourth-order valence-corrected chi connectivity index (χ4v) is 2.20. The first-order valence-corrected chi connectivity index (χ1v) is 6.74. The number of aromatic amines is 1. The number of hydrogen-bond donors (Lipinski definition) is 3. The Morgan fingerprint density at radius 1 is 1.40 bits per heavy atom. The molecule has 1 amide bonds. The van der Waals surface area contributed by atoms with Crippen molar-refractivity contribution in [1.82, 2.24) is 15.2 Å². The van der Waals surface area contributed by atoms with Crippen molar-refractivity contribution in [2.45, 2.75) is 26.2 Å². The maximum atomic E-state index is 12.1. The third-order valence-electron chi connectivity index (χ3n) is 3.33. The first kappa shape index (κ1) is 12.7. The average molecular weight is 271 g/mol. The third kappa shape index (κ3) is 2.36. The van der Waals surface area contributed by atoms with Crippen LogP contribution in [0.5, 0.6) is 0 Å². The number of aromatic nitrogens is 3. The summed E-state index contributed by atoms with van der Waals surface area (Å²) in [5.41, 5.74) is 3.14. The van der Waals surface area contributed by atoms with E-state index >= 15 is 0 Å². The number of fused-ring (bicyclic) bond motifs is 1. The minimum Gasteiger partial charge on any atom is -0.384 e. The van der Waals surface area contributed by atoms with Gasteiger partial charge in [0.25, 0.3) is 5.91 Å². The van der Waals surface area contributed by atoms with E-state index in [0.717, 1.165) is 24.3 Å². The lowest BCUT2D eigenvalue weighted by Crippen LogP contribution is -2.14. The van der Waals surface area contributed by atoms with Crippen LogP contribution >= 0.6 is 0 Å². The molecule has 3 N–H and O–H groups in total. The third-order valence-corrected chi connectivity index (χ3v) is 3.33. The van der Waals surface area contributed by atoms with Crippen LogP contribution in [-0.4, -0.2) is 27.6 Å². The number of nitrogens with zero attached hydrogens (tertiary/aromatic N) is 2. The molecule has 1 aliphatic rings. The van der Waals surface area contributed by atoms with Gasteiger partial charge in [-0.1, -0.05) is 13.8 Å². The Morgan fingerprint density at radius 2 is 2.25 bits per heavy atom. The molecule has 6 heteroatoms. The topological polar surface area (TPSA) is 82.7 Å². The highest BCUT2D eigenvalue weighted by Gasteiger charge is 2.16. The number of anilines is 2. The van der Waals surface area contributed by atoms with E-state index in [1.807, 2.05) is 32.0 Å². The molecule has 1 aromatic heterocycles. The van der Waals surface area contributed by atoms with E-state index in [2.05, 4.69) is 25.8 Å². The number of carbonyl (C=O) groups excluding carboxylic acids is 1. The van der Waals surface area contributed by atoms with Crippen molar-refractivity contribution in [3.05, 3.63) is 35.4 Å². The fourth-order valence-electron chi connectivity index (χ4n) is 2.20. The smallest absolute Gasteiger partial charge is 0.295 e. The average Bonchev–Trinajstić information content (AvgIpc) is 3.07. The zero-order valence-corrected chi connectivity index (χ0v) is 11.5. The Hall–Kier alpha value is -2.37. The molecule has 0 spiro atoms. The molecular weight excluding hydrogens is 254 g/mol. The second-order valence-corrected chi connectivity index (χ2v) is 5.20. The molecule has 0 radical (unpaired) electrons. The van der Waals surface area contributed by atoms with Crippen molar-refractivity contribution >= 4 is 17.3 Å². The van der Waals surface area contributed by atoms with Crippen LogP contribution in [0.4, 0.5) is 11.4 Å². The van der Waals surface area contributed by atoms with E-state index < -0.39 is 0 Å². The van der Waals surface area contributed by atoms with Gasteiger partial charge in [-0.2, -0.15) is 0 Å². The van der Waals surface area contributed by atoms with Crippen LogP contribution in [0.3, 0.4) is 0 Å². The van der Waals surface area contributed by atoms with Crippen LogP contribution < -0.4 is 10.6 Å². The van der Waals surface area contributed by atoms with Gasteiger partial charge in [-0.25, -0.2) is 4.98 Å². The van der Waals surface area contributed by atoms with Crippen LogP contribution in [0.1, 0.15) is 41.8 Å². The molecule has 0 saturated heterocycles. The molecule has 6 nitrogen and oxygen atoms in total. The van der Waals surface area contributed by atoms with E-state index in [-0.39, 0.29) is 17.6 Å². The molecular formula is C14H17N5O. The Labute approximate surface area is 117 Å². The highest BCUT2D eigenvalue weighted by molar-refractivity contribution is 6.01. The number of hydrogen-bond acceptors (Lipinski definition) is 4. The lowest BCUT2D eigenvalue weighted by molar-refractivity contribution is 0.101. The minimum absolute atomic E-state index is 0.173. The summed E-state index contributed by atoms with van der Waals surface area (Å²) >= 11 is 0. The summed E-state index contributed by atoms with van der Waals surface area (Å²) in [5.74, 6) is 0.815. The molecule has 3 rings (SSSR count). The van der Waals surface area contributed by atoms with Crippen LogP contribution in [0.2, 0.25) is 0 Å². The summed E-state index contributed by atoms with van der Waals surface area (Å²) in [4.78, 5) is 16.3. The van der Waals surface area contributed by atoms with Crippen molar-refractivity contribution in [3.63, 3.8) is 0 Å². The zero-order chi connectivity index (χ0) is 14.1. The summed E-state index contributed by atoms with van der Waals surface area (Å²) in [5, 5.41) is 12.8. The van der Waals surface area contributed by atoms with Gasteiger partial charge in [-0.15, -0.1) is 5.10 Å². The lowest BCUT2D eigenvalue weighted by Gasteiger charge is -2.05. The standard InChI is InChI=1S/C14H17N5O/c1-8(2)12-17-13(19-18-12)14(20)16-10-3-4-11-9(7-10)5-6-15-11/h3-4,7-8,15H,5-6H2,1-2H3,(H,16,20)(H,17,18,19). The first-order chi connectivity index (χ1) is 9.63. The van der Waals surface area contributed by atoms with Gasteiger partial charge in [0.15, 0.2) is 0 Å².